The zero-order chi connectivity index (χ0) is 28.3. The molecule has 0 saturated heterocycles. The predicted molar refractivity (Wildman–Crippen MR) is 162 cm³/mol. The lowest BCUT2D eigenvalue weighted by atomic mass is 9.95. The topological polar surface area (TPSA) is 79.1 Å². The highest BCUT2D eigenvalue weighted by Gasteiger charge is 2.35. The van der Waals surface area contributed by atoms with Crippen LogP contribution < -0.4 is 24.4 Å². The summed E-state index contributed by atoms with van der Waals surface area (Å²) in [5.41, 5.74) is 1.80. The lowest BCUT2D eigenvalue weighted by Gasteiger charge is -2.26. The van der Waals surface area contributed by atoms with Gasteiger partial charge in [0.2, 0.25) is 0 Å². The van der Waals surface area contributed by atoms with Gasteiger partial charge in [-0.1, -0.05) is 53.8 Å². The van der Waals surface area contributed by atoms with E-state index in [0.717, 1.165) is 3.57 Å². The molecule has 1 atom stereocenters. The van der Waals surface area contributed by atoms with E-state index in [-0.39, 0.29) is 18.3 Å². The van der Waals surface area contributed by atoms with Gasteiger partial charge in [-0.2, -0.15) is 0 Å². The van der Waals surface area contributed by atoms with Gasteiger partial charge in [0.15, 0.2) is 4.80 Å². The van der Waals surface area contributed by atoms with Gasteiger partial charge >= 0.3 is 5.97 Å². The smallest absolute Gasteiger partial charge is 0.338 e. The van der Waals surface area contributed by atoms with Crippen LogP contribution in [0.1, 0.15) is 44.9 Å². The normalized spacial score (nSPS) is 15.2. The van der Waals surface area contributed by atoms with Gasteiger partial charge in [0, 0.05) is 16.1 Å². The summed E-state index contributed by atoms with van der Waals surface area (Å²) >= 11 is 9.74. The van der Waals surface area contributed by atoms with Gasteiger partial charge in [0.25, 0.3) is 5.56 Å². The Morgan fingerprint density at radius 3 is 2.74 bits per heavy atom. The fourth-order valence-electron chi connectivity index (χ4n) is 4.28. The molecule has 4 rings (SSSR count). The Morgan fingerprint density at radius 2 is 2.05 bits per heavy atom. The van der Waals surface area contributed by atoms with E-state index in [1.807, 2.05) is 38.1 Å². The monoisotopic (exact) mass is 678 g/mol. The number of carbonyl (C=O) groups is 1. The molecule has 7 nitrogen and oxygen atoms in total. The molecule has 2 aromatic carbocycles. The van der Waals surface area contributed by atoms with Gasteiger partial charge in [-0.05, 0) is 74.6 Å². The summed E-state index contributed by atoms with van der Waals surface area (Å²) in [6, 6.07) is 10.2. The van der Waals surface area contributed by atoms with E-state index < -0.39 is 12.0 Å². The summed E-state index contributed by atoms with van der Waals surface area (Å²) in [5, 5.41) is 0.516. The van der Waals surface area contributed by atoms with Crippen molar-refractivity contribution in [2.45, 2.75) is 39.8 Å². The molecule has 10 heteroatoms. The molecule has 3 aromatic rings. The SMILES string of the molecule is C=CCOc1c(I)cc(Cl)cc1/C=c1\sc2n(c1=O)[C@@H](c1ccccc1OC(C)C)C(C(=O)OCC)=C(C)N=2. The van der Waals surface area contributed by atoms with Gasteiger partial charge in [-0.15, -0.1) is 0 Å². The van der Waals surface area contributed by atoms with Crippen molar-refractivity contribution in [2.24, 2.45) is 4.99 Å². The van der Waals surface area contributed by atoms with Gasteiger partial charge in [0.1, 0.15) is 24.1 Å². The molecule has 0 aliphatic carbocycles. The molecule has 39 heavy (non-hydrogen) atoms. The Balaban J connectivity index is 1.99. The van der Waals surface area contributed by atoms with Gasteiger partial charge in [-0.3, -0.25) is 9.36 Å². The molecule has 0 bridgehead atoms. The molecule has 0 fully saturated rings. The molecule has 0 saturated carbocycles. The number of nitrogens with zero attached hydrogens (tertiary/aromatic N) is 2. The van der Waals surface area contributed by atoms with Crippen molar-refractivity contribution in [1.29, 1.82) is 0 Å². The third kappa shape index (κ3) is 6.15. The summed E-state index contributed by atoms with van der Waals surface area (Å²) in [7, 11) is 0. The minimum absolute atomic E-state index is 0.114. The lowest BCUT2D eigenvalue weighted by molar-refractivity contribution is -0.139. The first-order valence-corrected chi connectivity index (χ1v) is 14.6. The Hall–Kier alpha value is -2.89. The highest BCUT2D eigenvalue weighted by Crippen LogP contribution is 2.36. The first-order chi connectivity index (χ1) is 18.7. The molecule has 1 aliphatic rings. The zero-order valence-corrected chi connectivity index (χ0v) is 25.7. The minimum Gasteiger partial charge on any atom is -0.491 e. The number of hydrogen-bond donors (Lipinski definition) is 0. The molecule has 0 radical (unpaired) electrons. The maximum Gasteiger partial charge on any atom is 0.338 e. The minimum atomic E-state index is -0.784. The number of hydrogen-bond acceptors (Lipinski definition) is 7. The molecule has 0 spiro atoms. The summed E-state index contributed by atoms with van der Waals surface area (Å²) in [4.78, 5) is 32.4. The highest BCUT2D eigenvalue weighted by atomic mass is 127. The van der Waals surface area contributed by atoms with Crippen LogP contribution in [0.5, 0.6) is 11.5 Å². The van der Waals surface area contributed by atoms with Crippen molar-refractivity contribution < 1.29 is 19.0 Å². The number of halogens is 2. The van der Waals surface area contributed by atoms with E-state index in [9.17, 15) is 9.59 Å². The fourth-order valence-corrected chi connectivity index (χ4v) is 6.53. The van der Waals surface area contributed by atoms with Crippen molar-refractivity contribution in [3.05, 3.63) is 99.7 Å². The van der Waals surface area contributed by atoms with Gasteiger partial charge in [-0.25, -0.2) is 9.79 Å². The largest absolute Gasteiger partial charge is 0.491 e. The summed E-state index contributed by atoms with van der Waals surface area (Å²) in [6.07, 6.45) is 3.28. The number of rotatable bonds is 9. The molecule has 2 heterocycles. The van der Waals surface area contributed by atoms with E-state index >= 15 is 0 Å². The number of aromatic nitrogens is 1. The average Bonchev–Trinajstić information content (AvgIpc) is 3.17. The summed E-state index contributed by atoms with van der Waals surface area (Å²) in [6.45, 7) is 11.6. The highest BCUT2D eigenvalue weighted by molar-refractivity contribution is 14.1. The number of ether oxygens (including phenoxy) is 3. The number of benzene rings is 2. The second kappa shape index (κ2) is 12.5. The van der Waals surface area contributed by atoms with Crippen LogP contribution in [-0.4, -0.2) is 29.9 Å². The molecule has 0 N–H and O–H groups in total. The van der Waals surface area contributed by atoms with E-state index in [4.69, 9.17) is 25.8 Å². The molecular formula is C29H28ClIN2O5S. The van der Waals surface area contributed by atoms with Crippen molar-refractivity contribution in [2.75, 3.05) is 13.2 Å². The predicted octanol–water partition coefficient (Wildman–Crippen LogP) is 5.41. The molecular weight excluding hydrogens is 651 g/mol. The number of carbonyl (C=O) groups excluding carboxylic acids is 1. The third-order valence-electron chi connectivity index (χ3n) is 5.76. The number of fused-ring (bicyclic) bond motifs is 1. The van der Waals surface area contributed by atoms with E-state index in [2.05, 4.69) is 34.2 Å². The number of esters is 1. The molecule has 1 aliphatic heterocycles. The van der Waals surface area contributed by atoms with Crippen LogP contribution in [0, 0.1) is 3.57 Å². The van der Waals surface area contributed by atoms with Crippen molar-refractivity contribution in [3.63, 3.8) is 0 Å². The Bertz CT molecular complexity index is 1640. The molecule has 204 valence electrons. The molecule has 0 unspecified atom stereocenters. The summed E-state index contributed by atoms with van der Waals surface area (Å²) in [5.74, 6) is 0.649. The van der Waals surface area contributed by atoms with Crippen LogP contribution in [0.2, 0.25) is 5.02 Å². The van der Waals surface area contributed by atoms with Gasteiger partial charge < -0.3 is 14.2 Å². The van der Waals surface area contributed by atoms with E-state index in [0.29, 0.717) is 54.9 Å². The van der Waals surface area contributed by atoms with Crippen LogP contribution in [0.15, 0.2) is 70.1 Å². The lowest BCUT2D eigenvalue weighted by Crippen LogP contribution is -2.40. The van der Waals surface area contributed by atoms with Crippen LogP contribution in [0.3, 0.4) is 0 Å². The Morgan fingerprint density at radius 1 is 1.31 bits per heavy atom. The van der Waals surface area contributed by atoms with Crippen LogP contribution in [0.25, 0.3) is 6.08 Å². The molecule has 0 amide bonds. The Labute approximate surface area is 249 Å². The number of para-hydroxylation sites is 1. The zero-order valence-electron chi connectivity index (χ0n) is 22.0. The quantitative estimate of drug-likeness (QED) is 0.172. The fraction of sp³-hybridized carbons (Fsp3) is 0.276. The van der Waals surface area contributed by atoms with Crippen LogP contribution in [0.4, 0.5) is 0 Å². The first kappa shape index (κ1) is 29.1. The van der Waals surface area contributed by atoms with Crippen molar-refractivity contribution >= 4 is 57.6 Å². The maximum atomic E-state index is 14.0. The standard InChI is InChI=1S/C29H28ClIN2O5S/c1-6-12-37-26-18(13-19(30)15-21(26)31)14-23-27(34)33-25(20-10-8-9-11-22(20)38-16(3)4)24(28(35)36-7-2)17(5)32-29(33)39-23/h6,8-11,13-16,25H,1,7,12H2,2-5H3/b23-14-/t25-/m0/s1. The Kier molecular flexibility index (Phi) is 9.35. The van der Waals surface area contributed by atoms with E-state index in [1.165, 1.54) is 15.9 Å². The van der Waals surface area contributed by atoms with Crippen molar-refractivity contribution in [1.82, 2.24) is 4.57 Å². The second-order valence-corrected chi connectivity index (χ2v) is 11.5. The number of allylic oxidation sites excluding steroid dienone is 1. The maximum absolute atomic E-state index is 14.0. The second-order valence-electron chi connectivity index (χ2n) is 8.91. The van der Waals surface area contributed by atoms with E-state index in [1.54, 1.807) is 38.1 Å². The molecule has 1 aromatic heterocycles. The van der Waals surface area contributed by atoms with Crippen molar-refractivity contribution in [3.8, 4) is 11.5 Å². The van der Waals surface area contributed by atoms with Crippen LogP contribution in [-0.2, 0) is 9.53 Å². The average molecular weight is 679 g/mol. The third-order valence-corrected chi connectivity index (χ3v) is 7.76. The first-order valence-electron chi connectivity index (χ1n) is 12.3. The summed E-state index contributed by atoms with van der Waals surface area (Å²) < 4.78 is 20.2. The van der Waals surface area contributed by atoms with Crippen LogP contribution >= 0.6 is 45.5 Å². The van der Waals surface area contributed by atoms with Gasteiger partial charge in [0.05, 0.1) is 32.1 Å². The number of thiazole rings is 1.